The summed E-state index contributed by atoms with van der Waals surface area (Å²) in [6.07, 6.45) is 5.87. The Morgan fingerprint density at radius 3 is 3.14 bits per heavy atom. The summed E-state index contributed by atoms with van der Waals surface area (Å²) >= 11 is 2.06. The van der Waals surface area contributed by atoms with Gasteiger partial charge >= 0.3 is 0 Å². The first kappa shape index (κ1) is 15.1. The van der Waals surface area contributed by atoms with Crippen LogP contribution in [0.4, 0.5) is 0 Å². The van der Waals surface area contributed by atoms with Gasteiger partial charge in [0.05, 0.1) is 13.2 Å². The molecule has 5 heteroatoms. The smallest absolute Gasteiger partial charge is 0.217 e. The lowest BCUT2D eigenvalue weighted by Crippen LogP contribution is -2.40. The standard InChI is InChI=1S/C16H24N2O2S/c1-19-16-13(4-2-7-17-16)10-18(14-6-9-21-12-14)11-15-5-3-8-20-15/h2,4,7,14-15H,3,5-6,8-12H2,1H3/t14-,15-/m0/s1. The molecule has 0 unspecified atom stereocenters. The number of nitrogens with zero attached hydrogens (tertiary/aromatic N) is 2. The van der Waals surface area contributed by atoms with Gasteiger partial charge in [-0.2, -0.15) is 11.8 Å². The SMILES string of the molecule is COc1ncccc1CN(C[C@@H]1CCCO1)[C@H]1CCSC1. The lowest BCUT2D eigenvalue weighted by molar-refractivity contribution is 0.0571. The van der Waals surface area contributed by atoms with E-state index in [1.807, 2.05) is 6.07 Å². The van der Waals surface area contributed by atoms with Crippen LogP contribution in [0.15, 0.2) is 18.3 Å². The quantitative estimate of drug-likeness (QED) is 0.807. The van der Waals surface area contributed by atoms with Gasteiger partial charge in [-0.1, -0.05) is 6.07 Å². The molecule has 2 aliphatic heterocycles. The summed E-state index contributed by atoms with van der Waals surface area (Å²) in [5.41, 5.74) is 1.18. The van der Waals surface area contributed by atoms with Crippen LogP contribution in [0.2, 0.25) is 0 Å². The molecule has 0 aliphatic carbocycles. The van der Waals surface area contributed by atoms with Gasteiger partial charge < -0.3 is 9.47 Å². The molecule has 21 heavy (non-hydrogen) atoms. The van der Waals surface area contributed by atoms with E-state index >= 15 is 0 Å². The molecule has 0 N–H and O–H groups in total. The Morgan fingerprint density at radius 1 is 1.48 bits per heavy atom. The highest BCUT2D eigenvalue weighted by Gasteiger charge is 2.28. The van der Waals surface area contributed by atoms with Crippen molar-refractivity contribution < 1.29 is 9.47 Å². The molecule has 4 nitrogen and oxygen atoms in total. The predicted octanol–water partition coefficient (Wildman–Crippen LogP) is 2.58. The largest absolute Gasteiger partial charge is 0.481 e. The maximum Gasteiger partial charge on any atom is 0.217 e. The molecule has 0 radical (unpaired) electrons. The molecule has 2 atom stereocenters. The molecule has 1 aromatic heterocycles. The number of hydrogen-bond donors (Lipinski definition) is 0. The first-order chi connectivity index (χ1) is 10.4. The van der Waals surface area contributed by atoms with Crippen molar-refractivity contribution in [2.75, 3.05) is 31.8 Å². The van der Waals surface area contributed by atoms with Crippen molar-refractivity contribution in [3.05, 3.63) is 23.9 Å². The van der Waals surface area contributed by atoms with E-state index in [1.54, 1.807) is 13.3 Å². The maximum atomic E-state index is 5.84. The highest BCUT2D eigenvalue weighted by atomic mass is 32.2. The predicted molar refractivity (Wildman–Crippen MR) is 85.9 cm³/mol. The molecule has 1 aromatic rings. The van der Waals surface area contributed by atoms with E-state index in [2.05, 4.69) is 27.7 Å². The summed E-state index contributed by atoms with van der Waals surface area (Å²) in [7, 11) is 1.70. The molecule has 3 rings (SSSR count). The Morgan fingerprint density at radius 2 is 2.43 bits per heavy atom. The van der Waals surface area contributed by atoms with Crippen LogP contribution in [0.3, 0.4) is 0 Å². The molecule has 3 heterocycles. The van der Waals surface area contributed by atoms with E-state index in [0.29, 0.717) is 12.1 Å². The zero-order valence-corrected chi connectivity index (χ0v) is 13.5. The van der Waals surface area contributed by atoms with E-state index in [9.17, 15) is 0 Å². The minimum atomic E-state index is 0.401. The van der Waals surface area contributed by atoms with Crippen molar-refractivity contribution in [2.45, 2.75) is 38.0 Å². The van der Waals surface area contributed by atoms with Gasteiger partial charge in [0.2, 0.25) is 5.88 Å². The van der Waals surface area contributed by atoms with Gasteiger partial charge in [0.1, 0.15) is 0 Å². The summed E-state index contributed by atoms with van der Waals surface area (Å²) in [4.78, 5) is 6.90. The second kappa shape index (κ2) is 7.47. The normalized spacial score (nSPS) is 25.6. The summed E-state index contributed by atoms with van der Waals surface area (Å²) in [5, 5.41) is 0. The molecular formula is C16H24N2O2S. The summed E-state index contributed by atoms with van der Waals surface area (Å²) in [6.45, 7) is 2.86. The minimum Gasteiger partial charge on any atom is -0.481 e. The van der Waals surface area contributed by atoms with Crippen molar-refractivity contribution in [1.29, 1.82) is 0 Å². The number of pyridine rings is 1. The molecule has 0 bridgehead atoms. The first-order valence-corrected chi connectivity index (χ1v) is 8.93. The summed E-state index contributed by atoms with van der Waals surface area (Å²) in [5.74, 6) is 3.26. The molecule has 2 aliphatic rings. The summed E-state index contributed by atoms with van der Waals surface area (Å²) < 4.78 is 11.2. The number of hydrogen-bond acceptors (Lipinski definition) is 5. The third-order valence-corrected chi connectivity index (χ3v) is 5.45. The molecule has 0 amide bonds. The lowest BCUT2D eigenvalue weighted by Gasteiger charge is -2.30. The number of aromatic nitrogens is 1. The fourth-order valence-electron chi connectivity index (χ4n) is 3.15. The van der Waals surface area contributed by atoms with Gasteiger partial charge in [-0.15, -0.1) is 0 Å². The second-order valence-corrected chi connectivity index (χ2v) is 6.90. The average Bonchev–Trinajstić information content (AvgIpc) is 3.20. The van der Waals surface area contributed by atoms with Crippen LogP contribution in [0.5, 0.6) is 5.88 Å². The summed E-state index contributed by atoms with van der Waals surface area (Å²) in [6, 6.07) is 4.77. The van der Waals surface area contributed by atoms with Gasteiger partial charge in [-0.05, 0) is 31.1 Å². The van der Waals surface area contributed by atoms with Crippen molar-refractivity contribution in [3.8, 4) is 5.88 Å². The molecule has 2 fully saturated rings. The highest BCUT2D eigenvalue weighted by Crippen LogP contribution is 2.27. The van der Waals surface area contributed by atoms with Crippen molar-refractivity contribution >= 4 is 11.8 Å². The first-order valence-electron chi connectivity index (χ1n) is 7.78. The Kier molecular flexibility index (Phi) is 5.38. The van der Waals surface area contributed by atoms with Gasteiger partial charge in [-0.3, -0.25) is 4.90 Å². The van der Waals surface area contributed by atoms with Gasteiger partial charge in [0.15, 0.2) is 0 Å². The number of rotatable bonds is 6. The Balaban J connectivity index is 1.71. The Bertz CT molecular complexity index is 446. The van der Waals surface area contributed by atoms with E-state index in [1.165, 1.54) is 36.3 Å². The molecule has 0 spiro atoms. The van der Waals surface area contributed by atoms with Crippen LogP contribution >= 0.6 is 11.8 Å². The molecule has 0 saturated carbocycles. The topological polar surface area (TPSA) is 34.6 Å². The van der Waals surface area contributed by atoms with Crippen LogP contribution in [-0.2, 0) is 11.3 Å². The number of thioether (sulfide) groups is 1. The number of ether oxygens (including phenoxy) is 2. The van der Waals surface area contributed by atoms with Crippen molar-refractivity contribution in [1.82, 2.24) is 9.88 Å². The second-order valence-electron chi connectivity index (χ2n) is 5.75. The maximum absolute atomic E-state index is 5.84. The van der Waals surface area contributed by atoms with Crippen LogP contribution in [0.25, 0.3) is 0 Å². The van der Waals surface area contributed by atoms with Gasteiger partial charge in [0.25, 0.3) is 0 Å². The third-order valence-electron chi connectivity index (χ3n) is 4.30. The van der Waals surface area contributed by atoms with Crippen molar-refractivity contribution in [2.24, 2.45) is 0 Å². The van der Waals surface area contributed by atoms with Crippen molar-refractivity contribution in [3.63, 3.8) is 0 Å². The number of methoxy groups -OCH3 is 1. The fraction of sp³-hybridized carbons (Fsp3) is 0.688. The van der Waals surface area contributed by atoms with Gasteiger partial charge in [-0.25, -0.2) is 4.98 Å². The molecular weight excluding hydrogens is 284 g/mol. The van der Waals surface area contributed by atoms with Crippen LogP contribution in [-0.4, -0.2) is 53.8 Å². The fourth-order valence-corrected chi connectivity index (χ4v) is 4.40. The Hall–Kier alpha value is -0.780. The Labute approximate surface area is 131 Å². The van der Waals surface area contributed by atoms with E-state index in [-0.39, 0.29) is 0 Å². The average molecular weight is 308 g/mol. The highest BCUT2D eigenvalue weighted by molar-refractivity contribution is 7.99. The minimum absolute atomic E-state index is 0.401. The zero-order valence-electron chi connectivity index (χ0n) is 12.7. The van der Waals surface area contributed by atoms with Gasteiger partial charge in [0, 0.05) is 43.3 Å². The zero-order chi connectivity index (χ0) is 14.5. The molecule has 2 saturated heterocycles. The lowest BCUT2D eigenvalue weighted by atomic mass is 10.1. The van der Waals surface area contributed by atoms with E-state index in [4.69, 9.17) is 9.47 Å². The van der Waals surface area contributed by atoms with Crippen LogP contribution in [0, 0.1) is 0 Å². The third kappa shape index (κ3) is 3.90. The van der Waals surface area contributed by atoms with Crippen LogP contribution < -0.4 is 4.74 Å². The van der Waals surface area contributed by atoms with E-state index in [0.717, 1.165) is 25.6 Å². The molecule has 0 aromatic carbocycles. The van der Waals surface area contributed by atoms with Crippen LogP contribution in [0.1, 0.15) is 24.8 Å². The van der Waals surface area contributed by atoms with E-state index < -0.39 is 0 Å². The monoisotopic (exact) mass is 308 g/mol. The molecule has 116 valence electrons.